The second-order valence-electron chi connectivity index (χ2n) is 4.65. The van der Waals surface area contributed by atoms with Gasteiger partial charge in [-0.25, -0.2) is 9.78 Å². The van der Waals surface area contributed by atoms with Crippen molar-refractivity contribution in [2.24, 2.45) is 5.41 Å². The summed E-state index contributed by atoms with van der Waals surface area (Å²) in [7, 11) is 1.32. The van der Waals surface area contributed by atoms with Gasteiger partial charge in [-0.05, 0) is 26.0 Å². The SMILES string of the molecule is COC(=O)C(C)(C)Cn1c(=O)oc2cccnc21. The van der Waals surface area contributed by atoms with Crippen molar-refractivity contribution in [3.63, 3.8) is 0 Å². The number of oxazole rings is 1. The molecule has 2 aromatic rings. The average Bonchev–Trinajstić information content (AvgIpc) is 2.65. The Labute approximate surface area is 103 Å². The summed E-state index contributed by atoms with van der Waals surface area (Å²) in [6.07, 6.45) is 1.57. The number of rotatable bonds is 3. The first-order chi connectivity index (χ1) is 8.45. The van der Waals surface area contributed by atoms with Crippen LogP contribution in [0.25, 0.3) is 11.2 Å². The molecule has 0 spiro atoms. The van der Waals surface area contributed by atoms with E-state index in [2.05, 4.69) is 4.98 Å². The van der Waals surface area contributed by atoms with Gasteiger partial charge in [-0.2, -0.15) is 0 Å². The molecule has 2 rings (SSSR count). The van der Waals surface area contributed by atoms with Crippen LogP contribution in [0.1, 0.15) is 13.8 Å². The predicted molar refractivity (Wildman–Crippen MR) is 64.1 cm³/mol. The summed E-state index contributed by atoms with van der Waals surface area (Å²) in [4.78, 5) is 27.4. The van der Waals surface area contributed by atoms with Crippen molar-refractivity contribution in [3.05, 3.63) is 28.9 Å². The van der Waals surface area contributed by atoms with Gasteiger partial charge in [-0.1, -0.05) is 0 Å². The molecule has 96 valence electrons. The largest absolute Gasteiger partial charge is 0.469 e. The lowest BCUT2D eigenvalue weighted by molar-refractivity contribution is -0.151. The van der Waals surface area contributed by atoms with E-state index in [1.165, 1.54) is 11.7 Å². The molecule has 2 aromatic heterocycles. The molecule has 0 aliphatic carbocycles. The number of pyridine rings is 1. The molecule has 0 saturated carbocycles. The number of carbonyl (C=O) groups excluding carboxylic acids is 1. The molecule has 6 nitrogen and oxygen atoms in total. The summed E-state index contributed by atoms with van der Waals surface area (Å²) >= 11 is 0. The highest BCUT2D eigenvalue weighted by Crippen LogP contribution is 2.21. The normalized spacial score (nSPS) is 11.7. The van der Waals surface area contributed by atoms with Crippen molar-refractivity contribution in [2.45, 2.75) is 20.4 Å². The number of fused-ring (bicyclic) bond motifs is 1. The van der Waals surface area contributed by atoms with Crippen molar-refractivity contribution in [2.75, 3.05) is 7.11 Å². The van der Waals surface area contributed by atoms with Crippen molar-refractivity contribution in [1.29, 1.82) is 0 Å². The number of hydrogen-bond acceptors (Lipinski definition) is 5. The predicted octanol–water partition coefficient (Wildman–Crippen LogP) is 1.19. The fraction of sp³-hybridized carbons (Fsp3) is 0.417. The molecule has 0 N–H and O–H groups in total. The standard InChI is InChI=1S/C12H14N2O4/c1-12(2,10(15)17-3)7-14-9-8(18-11(14)16)5-4-6-13-9/h4-6H,7H2,1-3H3. The van der Waals surface area contributed by atoms with E-state index in [1.807, 2.05) is 0 Å². The summed E-state index contributed by atoms with van der Waals surface area (Å²) in [6.45, 7) is 3.56. The van der Waals surface area contributed by atoms with E-state index >= 15 is 0 Å². The molecule has 0 bridgehead atoms. The van der Waals surface area contributed by atoms with E-state index in [-0.39, 0.29) is 12.5 Å². The van der Waals surface area contributed by atoms with E-state index in [9.17, 15) is 9.59 Å². The third-order valence-corrected chi connectivity index (χ3v) is 2.72. The minimum Gasteiger partial charge on any atom is -0.469 e. The molecule has 0 radical (unpaired) electrons. The Kier molecular flexibility index (Phi) is 2.94. The lowest BCUT2D eigenvalue weighted by atomic mass is 9.94. The number of aromatic nitrogens is 2. The maximum Gasteiger partial charge on any atom is 0.421 e. The van der Waals surface area contributed by atoms with Gasteiger partial charge in [0, 0.05) is 12.7 Å². The molecule has 18 heavy (non-hydrogen) atoms. The van der Waals surface area contributed by atoms with Gasteiger partial charge in [-0.15, -0.1) is 0 Å². The number of methoxy groups -OCH3 is 1. The van der Waals surface area contributed by atoms with Gasteiger partial charge in [0.05, 0.1) is 12.5 Å². The lowest BCUT2D eigenvalue weighted by Gasteiger charge is -2.20. The molecule has 0 atom stereocenters. The van der Waals surface area contributed by atoms with Gasteiger partial charge in [0.2, 0.25) is 0 Å². The van der Waals surface area contributed by atoms with E-state index in [4.69, 9.17) is 9.15 Å². The smallest absolute Gasteiger partial charge is 0.421 e. The van der Waals surface area contributed by atoms with Gasteiger partial charge in [0.15, 0.2) is 11.2 Å². The fourth-order valence-electron chi connectivity index (χ4n) is 1.78. The fourth-order valence-corrected chi connectivity index (χ4v) is 1.78. The molecule has 0 amide bonds. The van der Waals surface area contributed by atoms with Crippen LogP contribution in [-0.2, 0) is 16.1 Å². The Balaban J connectivity index is 2.46. The van der Waals surface area contributed by atoms with Gasteiger partial charge in [0.25, 0.3) is 0 Å². The molecule has 6 heteroatoms. The van der Waals surface area contributed by atoms with Crippen molar-refractivity contribution >= 4 is 17.2 Å². The van der Waals surface area contributed by atoms with Gasteiger partial charge < -0.3 is 9.15 Å². The van der Waals surface area contributed by atoms with Crippen LogP contribution in [0.5, 0.6) is 0 Å². The molecule has 0 unspecified atom stereocenters. The number of nitrogens with zero attached hydrogens (tertiary/aromatic N) is 2. The zero-order valence-electron chi connectivity index (χ0n) is 10.5. The Morgan fingerprint density at radius 3 is 2.94 bits per heavy atom. The van der Waals surface area contributed by atoms with Crippen LogP contribution in [0.4, 0.5) is 0 Å². The topological polar surface area (TPSA) is 74.3 Å². The second kappa shape index (κ2) is 4.29. The zero-order valence-corrected chi connectivity index (χ0v) is 10.5. The van der Waals surface area contributed by atoms with E-state index < -0.39 is 11.2 Å². The van der Waals surface area contributed by atoms with Crippen LogP contribution in [-0.4, -0.2) is 22.6 Å². The maximum absolute atomic E-state index is 11.7. The molecule has 0 aliphatic heterocycles. The number of carbonyl (C=O) groups is 1. The Morgan fingerprint density at radius 2 is 2.28 bits per heavy atom. The first-order valence-electron chi connectivity index (χ1n) is 5.48. The number of hydrogen-bond donors (Lipinski definition) is 0. The maximum atomic E-state index is 11.7. The van der Waals surface area contributed by atoms with Crippen molar-refractivity contribution in [3.8, 4) is 0 Å². The van der Waals surface area contributed by atoms with Crippen LogP contribution < -0.4 is 5.76 Å². The van der Waals surface area contributed by atoms with E-state index in [1.54, 1.807) is 32.2 Å². The minimum absolute atomic E-state index is 0.155. The van der Waals surface area contributed by atoms with Crippen LogP contribution >= 0.6 is 0 Å². The molecule has 0 saturated heterocycles. The summed E-state index contributed by atoms with van der Waals surface area (Å²) < 4.78 is 11.1. The molecular formula is C12H14N2O4. The van der Waals surface area contributed by atoms with Crippen LogP contribution in [0, 0.1) is 5.41 Å². The van der Waals surface area contributed by atoms with Crippen molar-refractivity contribution < 1.29 is 13.9 Å². The third kappa shape index (κ3) is 2.01. The summed E-state index contributed by atoms with van der Waals surface area (Å²) in [5.41, 5.74) is 0.00929. The highest BCUT2D eigenvalue weighted by atomic mass is 16.5. The van der Waals surface area contributed by atoms with Crippen molar-refractivity contribution in [1.82, 2.24) is 9.55 Å². The van der Waals surface area contributed by atoms with Gasteiger partial charge in [0.1, 0.15) is 0 Å². The molecular weight excluding hydrogens is 236 g/mol. The first kappa shape index (κ1) is 12.3. The monoisotopic (exact) mass is 250 g/mol. The third-order valence-electron chi connectivity index (χ3n) is 2.72. The summed E-state index contributed by atoms with van der Waals surface area (Å²) in [5.74, 6) is -0.916. The molecule has 0 fully saturated rings. The van der Waals surface area contributed by atoms with Gasteiger partial charge in [-0.3, -0.25) is 9.36 Å². The Bertz CT molecular complexity index is 639. The van der Waals surface area contributed by atoms with Crippen LogP contribution in [0.3, 0.4) is 0 Å². The van der Waals surface area contributed by atoms with E-state index in [0.717, 1.165) is 0 Å². The highest BCUT2D eigenvalue weighted by Gasteiger charge is 2.31. The van der Waals surface area contributed by atoms with Crippen LogP contribution in [0.15, 0.2) is 27.5 Å². The first-order valence-corrected chi connectivity index (χ1v) is 5.48. The quantitative estimate of drug-likeness (QED) is 0.765. The lowest BCUT2D eigenvalue weighted by Crippen LogP contribution is -2.33. The molecule has 0 aromatic carbocycles. The van der Waals surface area contributed by atoms with Gasteiger partial charge >= 0.3 is 11.7 Å². The Morgan fingerprint density at radius 1 is 1.56 bits per heavy atom. The average molecular weight is 250 g/mol. The number of ether oxygens (including phenoxy) is 1. The molecule has 0 aliphatic rings. The zero-order chi connectivity index (χ0) is 13.3. The van der Waals surface area contributed by atoms with E-state index in [0.29, 0.717) is 11.2 Å². The summed E-state index contributed by atoms with van der Waals surface area (Å²) in [5, 5.41) is 0. The second-order valence-corrected chi connectivity index (χ2v) is 4.65. The Hall–Kier alpha value is -2.11. The van der Waals surface area contributed by atoms with Crippen LogP contribution in [0.2, 0.25) is 0 Å². The molecule has 2 heterocycles. The number of esters is 1. The summed E-state index contributed by atoms with van der Waals surface area (Å²) in [6, 6.07) is 3.34. The highest BCUT2D eigenvalue weighted by molar-refractivity contribution is 5.76. The minimum atomic E-state index is -0.826.